The zero-order chi connectivity index (χ0) is 18.4. The topological polar surface area (TPSA) is 42.2 Å². The molecule has 3 aromatic rings. The summed E-state index contributed by atoms with van der Waals surface area (Å²) in [7, 11) is 0. The molecule has 4 nitrogen and oxygen atoms in total. The smallest absolute Gasteiger partial charge is 0.253 e. The number of rotatable bonds is 2. The Balaban J connectivity index is 1.56. The lowest BCUT2D eigenvalue weighted by atomic mass is 9.96. The van der Waals surface area contributed by atoms with Crippen molar-refractivity contribution in [2.75, 3.05) is 18.0 Å². The number of hydrogen-bond donors (Lipinski definition) is 0. The molecule has 136 valence electrons. The fourth-order valence-electron chi connectivity index (χ4n) is 3.20. The Morgan fingerprint density at radius 2 is 1.65 bits per heavy atom. The van der Waals surface area contributed by atoms with Gasteiger partial charge in [-0.05, 0) is 31.0 Å². The Bertz CT molecular complexity index is 960. The first-order valence-corrected chi connectivity index (χ1v) is 8.32. The van der Waals surface area contributed by atoms with Gasteiger partial charge < -0.3 is 9.32 Å². The molecule has 1 fully saturated rings. The molecule has 3 heterocycles. The molecule has 0 amide bonds. The Morgan fingerprint density at radius 3 is 2.31 bits per heavy atom. The number of fused-ring (bicyclic) bond motifs is 1. The molecule has 0 radical (unpaired) electrons. The van der Waals surface area contributed by atoms with Crippen LogP contribution in [0.4, 0.5) is 23.2 Å². The summed E-state index contributed by atoms with van der Waals surface area (Å²) in [5.41, 5.74) is 0.505. The van der Waals surface area contributed by atoms with Gasteiger partial charge in [0.2, 0.25) is 11.6 Å². The summed E-state index contributed by atoms with van der Waals surface area (Å²) >= 11 is 5.93. The predicted octanol–water partition coefficient (Wildman–Crippen LogP) is 4.82. The van der Waals surface area contributed by atoms with Crippen LogP contribution < -0.4 is 4.90 Å². The largest absolute Gasteiger partial charge is 0.440 e. The highest BCUT2D eigenvalue weighted by molar-refractivity contribution is 6.31. The van der Waals surface area contributed by atoms with Crippen molar-refractivity contribution in [2.45, 2.75) is 18.8 Å². The Hall–Kier alpha value is -2.35. The zero-order valence-corrected chi connectivity index (χ0v) is 14.0. The third-order valence-electron chi connectivity index (χ3n) is 4.50. The normalized spacial score (nSPS) is 15.8. The number of nitrogens with zero attached hydrogens (tertiary/aromatic N) is 3. The van der Waals surface area contributed by atoms with E-state index in [4.69, 9.17) is 16.0 Å². The first kappa shape index (κ1) is 17.1. The van der Waals surface area contributed by atoms with Crippen LogP contribution in [0, 0.1) is 23.5 Å². The van der Waals surface area contributed by atoms with Crippen LogP contribution in [-0.2, 0) is 0 Å². The van der Waals surface area contributed by atoms with Crippen LogP contribution >= 0.6 is 11.6 Å². The van der Waals surface area contributed by atoms with Crippen LogP contribution in [0.15, 0.2) is 22.6 Å². The molecule has 1 aliphatic rings. The SMILES string of the molecule is Fc1nc(F)c(F)c(N2CCC(c3nc4cc(Cl)ccc4o3)CC2)c1F. The van der Waals surface area contributed by atoms with Gasteiger partial charge in [-0.25, -0.2) is 4.98 Å². The van der Waals surface area contributed by atoms with Gasteiger partial charge in [0.05, 0.1) is 0 Å². The summed E-state index contributed by atoms with van der Waals surface area (Å²) in [6.45, 7) is 0.391. The maximum atomic E-state index is 13.9. The van der Waals surface area contributed by atoms with Gasteiger partial charge in [-0.15, -0.1) is 0 Å². The minimum atomic E-state index is -1.66. The van der Waals surface area contributed by atoms with Crippen LogP contribution in [0.2, 0.25) is 5.02 Å². The maximum Gasteiger partial charge on any atom is 0.253 e. The number of benzene rings is 1. The van der Waals surface area contributed by atoms with Gasteiger partial charge in [0.1, 0.15) is 11.2 Å². The molecule has 0 aliphatic carbocycles. The fourth-order valence-corrected chi connectivity index (χ4v) is 3.36. The van der Waals surface area contributed by atoms with Crippen molar-refractivity contribution < 1.29 is 22.0 Å². The lowest BCUT2D eigenvalue weighted by Gasteiger charge is -2.32. The minimum Gasteiger partial charge on any atom is -0.440 e. The number of pyridine rings is 1. The van der Waals surface area contributed by atoms with Crippen molar-refractivity contribution in [3.05, 3.63) is 52.6 Å². The summed E-state index contributed by atoms with van der Waals surface area (Å²) in [4.78, 5) is 8.26. The Morgan fingerprint density at radius 1 is 1.00 bits per heavy atom. The molecule has 0 saturated carbocycles. The van der Waals surface area contributed by atoms with E-state index in [2.05, 4.69) is 9.97 Å². The van der Waals surface area contributed by atoms with Crippen LogP contribution in [0.5, 0.6) is 0 Å². The van der Waals surface area contributed by atoms with Gasteiger partial charge in [-0.2, -0.15) is 22.5 Å². The Labute approximate surface area is 150 Å². The summed E-state index contributed by atoms with van der Waals surface area (Å²) in [6.07, 6.45) is 0.927. The molecule has 1 saturated heterocycles. The van der Waals surface area contributed by atoms with E-state index >= 15 is 0 Å². The molecule has 26 heavy (non-hydrogen) atoms. The third kappa shape index (κ3) is 2.88. The molecule has 1 aliphatic heterocycles. The molecular formula is C17H12ClF4N3O. The molecular weight excluding hydrogens is 374 g/mol. The van der Waals surface area contributed by atoms with Crippen LogP contribution in [0.3, 0.4) is 0 Å². The van der Waals surface area contributed by atoms with Crippen molar-refractivity contribution >= 4 is 28.4 Å². The zero-order valence-electron chi connectivity index (χ0n) is 13.3. The van der Waals surface area contributed by atoms with E-state index in [1.807, 2.05) is 0 Å². The predicted molar refractivity (Wildman–Crippen MR) is 87.3 cm³/mol. The van der Waals surface area contributed by atoms with Crippen LogP contribution in [-0.4, -0.2) is 23.1 Å². The molecule has 1 aromatic carbocycles. The Kier molecular flexibility index (Phi) is 4.22. The first-order valence-electron chi connectivity index (χ1n) is 7.95. The minimum absolute atomic E-state index is 0.0694. The van der Waals surface area contributed by atoms with Crippen molar-refractivity contribution in [2.24, 2.45) is 0 Å². The molecule has 2 aromatic heterocycles. The van der Waals surface area contributed by atoms with Crippen LogP contribution in [0.25, 0.3) is 11.1 Å². The third-order valence-corrected chi connectivity index (χ3v) is 4.74. The monoisotopic (exact) mass is 385 g/mol. The van der Waals surface area contributed by atoms with Crippen molar-refractivity contribution in [1.82, 2.24) is 9.97 Å². The van der Waals surface area contributed by atoms with Gasteiger partial charge in [0, 0.05) is 24.0 Å². The maximum absolute atomic E-state index is 13.9. The van der Waals surface area contributed by atoms with E-state index in [1.165, 1.54) is 4.90 Å². The van der Waals surface area contributed by atoms with E-state index in [9.17, 15) is 17.6 Å². The average molecular weight is 386 g/mol. The number of piperidine rings is 1. The molecule has 9 heteroatoms. The molecule has 0 bridgehead atoms. The number of hydrogen-bond acceptors (Lipinski definition) is 4. The van der Waals surface area contributed by atoms with Crippen LogP contribution in [0.1, 0.15) is 24.7 Å². The van der Waals surface area contributed by atoms with Gasteiger partial charge in [0.25, 0.3) is 11.9 Å². The standard InChI is InChI=1S/C17H12ClF4N3O/c18-9-1-2-11-10(7-9)23-17(26-11)8-3-5-25(6-4-8)14-12(19)15(21)24-16(22)13(14)20/h1-2,7-8H,3-6H2. The van der Waals surface area contributed by atoms with E-state index < -0.39 is 29.2 Å². The van der Waals surface area contributed by atoms with E-state index in [0.29, 0.717) is 34.9 Å². The quantitative estimate of drug-likeness (QED) is 0.468. The molecule has 0 unspecified atom stereocenters. The second kappa shape index (κ2) is 6.42. The average Bonchev–Trinajstić information content (AvgIpc) is 3.04. The second-order valence-corrected chi connectivity index (χ2v) is 6.53. The van der Waals surface area contributed by atoms with E-state index in [1.54, 1.807) is 18.2 Å². The molecule has 0 N–H and O–H groups in total. The highest BCUT2D eigenvalue weighted by Gasteiger charge is 2.30. The second-order valence-electron chi connectivity index (χ2n) is 6.10. The summed E-state index contributed by atoms with van der Waals surface area (Å²) in [5, 5.41) is 0.542. The number of anilines is 1. The van der Waals surface area contributed by atoms with E-state index in [0.717, 1.165) is 0 Å². The van der Waals surface area contributed by atoms with Gasteiger partial charge >= 0.3 is 0 Å². The van der Waals surface area contributed by atoms with Gasteiger partial charge in [-0.1, -0.05) is 11.6 Å². The summed E-state index contributed by atoms with van der Waals surface area (Å²) < 4.78 is 60.1. The van der Waals surface area contributed by atoms with Crippen molar-refractivity contribution in [3.63, 3.8) is 0 Å². The summed E-state index contributed by atoms with van der Waals surface area (Å²) in [6, 6.07) is 5.10. The van der Waals surface area contributed by atoms with Crippen molar-refractivity contribution in [3.8, 4) is 0 Å². The highest BCUT2D eigenvalue weighted by atomic mass is 35.5. The van der Waals surface area contributed by atoms with Crippen molar-refractivity contribution in [1.29, 1.82) is 0 Å². The first-order chi connectivity index (χ1) is 12.4. The molecule has 0 spiro atoms. The fraction of sp³-hybridized carbons (Fsp3) is 0.294. The van der Waals surface area contributed by atoms with Gasteiger partial charge in [0.15, 0.2) is 11.5 Å². The molecule has 0 atom stereocenters. The lowest BCUT2D eigenvalue weighted by molar-refractivity contribution is 0.384. The van der Waals surface area contributed by atoms with E-state index in [-0.39, 0.29) is 19.0 Å². The van der Waals surface area contributed by atoms with Gasteiger partial charge in [-0.3, -0.25) is 0 Å². The number of halogens is 5. The summed E-state index contributed by atoms with van der Waals surface area (Å²) in [5.74, 6) is -5.85. The number of aromatic nitrogens is 2. The number of oxazole rings is 1. The lowest BCUT2D eigenvalue weighted by Crippen LogP contribution is -2.35. The highest BCUT2D eigenvalue weighted by Crippen LogP contribution is 2.34. The molecule has 4 rings (SSSR count).